The predicted molar refractivity (Wildman–Crippen MR) is 104 cm³/mol. The average Bonchev–Trinajstić information content (AvgIpc) is 3.13. The van der Waals surface area contributed by atoms with Crippen molar-refractivity contribution in [2.24, 2.45) is 4.99 Å². The molecule has 3 rings (SSSR count). The van der Waals surface area contributed by atoms with Crippen molar-refractivity contribution in [1.82, 2.24) is 10.3 Å². The van der Waals surface area contributed by atoms with E-state index >= 15 is 0 Å². The molecule has 2 aromatic rings. The van der Waals surface area contributed by atoms with Gasteiger partial charge in [0.05, 0.1) is 20.3 Å². The number of aromatic nitrogens is 1. The summed E-state index contributed by atoms with van der Waals surface area (Å²) >= 11 is 0. The Kier molecular flexibility index (Phi) is 7.18. The minimum atomic E-state index is -2.89. The normalized spacial score (nSPS) is 13.5. The lowest BCUT2D eigenvalue weighted by molar-refractivity contribution is -0.136. The Morgan fingerprint density at radius 1 is 1.23 bits per heavy atom. The van der Waals surface area contributed by atoms with E-state index in [9.17, 15) is 18.4 Å². The summed E-state index contributed by atoms with van der Waals surface area (Å²) in [5, 5.41) is 2.52. The molecule has 30 heavy (non-hydrogen) atoms. The molecule has 1 aliphatic rings. The molecule has 158 valence electrons. The highest BCUT2D eigenvalue weighted by Gasteiger charge is 2.22. The summed E-state index contributed by atoms with van der Waals surface area (Å²) < 4.78 is 34.0. The van der Waals surface area contributed by atoms with E-state index in [0.717, 1.165) is 11.1 Å². The number of alkyl carbamates (subject to hydrolysis) is 1. The zero-order valence-electron chi connectivity index (χ0n) is 16.3. The van der Waals surface area contributed by atoms with Gasteiger partial charge in [-0.25, -0.2) is 4.79 Å². The zero-order chi connectivity index (χ0) is 21.5. The van der Waals surface area contributed by atoms with Gasteiger partial charge in [0.1, 0.15) is 11.6 Å². The molecule has 0 aliphatic carbocycles. The molecule has 1 aromatic carbocycles. The van der Waals surface area contributed by atoms with Crippen LogP contribution in [0.2, 0.25) is 0 Å². The molecule has 0 bridgehead atoms. The third-order valence-corrected chi connectivity index (χ3v) is 4.66. The topological polar surface area (TPSA) is 89.9 Å². The summed E-state index contributed by atoms with van der Waals surface area (Å²) in [6.45, 7) is -2.79. The second kappa shape index (κ2) is 10.0. The van der Waals surface area contributed by atoms with Crippen molar-refractivity contribution in [2.75, 3.05) is 13.7 Å². The van der Waals surface area contributed by atoms with Crippen molar-refractivity contribution in [2.45, 2.75) is 31.9 Å². The molecule has 0 saturated carbocycles. The number of alkyl halides is 2. The molecule has 0 unspecified atom stereocenters. The number of Topliss-reactive ketones (excluding diaryl/α,β-unsaturated/α-hetero) is 1. The average molecular weight is 417 g/mol. The van der Waals surface area contributed by atoms with Gasteiger partial charge in [-0.2, -0.15) is 8.78 Å². The molecule has 1 N–H and O–H groups in total. The van der Waals surface area contributed by atoms with Crippen LogP contribution < -0.4 is 5.32 Å². The maximum atomic E-state index is 12.6. The van der Waals surface area contributed by atoms with Gasteiger partial charge in [-0.05, 0) is 17.2 Å². The fraction of sp³-hybridized carbons (Fsp3) is 0.333. The first-order chi connectivity index (χ1) is 14.5. The molecule has 1 aliphatic heterocycles. The first-order valence-electron chi connectivity index (χ1n) is 9.30. The molecule has 1 atom stereocenters. The molecular weight excluding hydrogens is 396 g/mol. The van der Waals surface area contributed by atoms with Crippen LogP contribution in [-0.4, -0.2) is 43.0 Å². The quantitative estimate of drug-likeness (QED) is 0.712. The van der Waals surface area contributed by atoms with Gasteiger partial charge in [-0.1, -0.05) is 30.3 Å². The smallest absolute Gasteiger partial charge is 0.412 e. The maximum Gasteiger partial charge on any atom is 0.412 e. The summed E-state index contributed by atoms with van der Waals surface area (Å²) in [4.78, 5) is 32.5. The Bertz CT molecular complexity index is 935. The lowest BCUT2D eigenvalue weighted by Gasteiger charge is -2.17. The van der Waals surface area contributed by atoms with Crippen molar-refractivity contribution in [1.29, 1.82) is 0 Å². The molecule has 0 spiro atoms. The molecule has 0 saturated heterocycles. The van der Waals surface area contributed by atoms with E-state index in [0.29, 0.717) is 23.6 Å². The Morgan fingerprint density at radius 2 is 2.00 bits per heavy atom. The van der Waals surface area contributed by atoms with Crippen molar-refractivity contribution >= 4 is 17.7 Å². The fourth-order valence-electron chi connectivity index (χ4n) is 3.23. The fourth-order valence-corrected chi connectivity index (χ4v) is 3.23. The number of amidine groups is 1. The van der Waals surface area contributed by atoms with Crippen molar-refractivity contribution < 1.29 is 27.8 Å². The number of hydrogen-bond acceptors (Lipinski definition) is 6. The summed E-state index contributed by atoms with van der Waals surface area (Å²) in [6, 6.07) is 10.7. The van der Waals surface area contributed by atoms with E-state index in [2.05, 4.69) is 24.8 Å². The minimum absolute atomic E-state index is 0.0567. The third kappa shape index (κ3) is 5.66. The van der Waals surface area contributed by atoms with Gasteiger partial charge in [0.2, 0.25) is 0 Å². The number of methoxy groups -OCH3 is 1. The number of fused-ring (bicyclic) bond motifs is 1. The van der Waals surface area contributed by atoms with Gasteiger partial charge < -0.3 is 9.47 Å². The van der Waals surface area contributed by atoms with Crippen LogP contribution in [0.1, 0.15) is 34.7 Å². The number of ether oxygens (including phenoxy) is 2. The van der Waals surface area contributed by atoms with Crippen LogP contribution in [0, 0.1) is 0 Å². The molecule has 0 radical (unpaired) electrons. The number of amides is 1. The number of aliphatic imine (C=N–C) groups is 1. The van der Waals surface area contributed by atoms with Crippen molar-refractivity contribution in [3.05, 3.63) is 65.0 Å². The van der Waals surface area contributed by atoms with E-state index in [1.807, 2.05) is 6.07 Å². The predicted octanol–water partition coefficient (Wildman–Crippen LogP) is 3.22. The van der Waals surface area contributed by atoms with Crippen LogP contribution in [0.3, 0.4) is 0 Å². The summed E-state index contributed by atoms with van der Waals surface area (Å²) in [6.07, 6.45) is 1.04. The minimum Gasteiger partial charge on any atom is -0.453 e. The second-order valence-electron chi connectivity index (χ2n) is 6.74. The van der Waals surface area contributed by atoms with Crippen LogP contribution in [0.5, 0.6) is 0 Å². The lowest BCUT2D eigenvalue weighted by Crippen LogP contribution is -2.30. The lowest BCUT2D eigenvalue weighted by atomic mass is 9.93. The second-order valence-corrected chi connectivity index (χ2v) is 6.74. The van der Waals surface area contributed by atoms with Crippen LogP contribution in [-0.2, 0) is 27.2 Å². The van der Waals surface area contributed by atoms with E-state index in [4.69, 9.17) is 0 Å². The molecule has 2 heterocycles. The number of hydrogen-bond donors (Lipinski definition) is 1. The number of nitrogens with one attached hydrogen (secondary N) is 1. The van der Waals surface area contributed by atoms with Gasteiger partial charge in [0.15, 0.2) is 0 Å². The highest BCUT2D eigenvalue weighted by Crippen LogP contribution is 2.23. The molecule has 1 aromatic heterocycles. The standard InChI is InChI=1S/C21H21F2N3O4/c1-29-21(28)26-19-18-11-24-16(7-14(18)10-25-19)9-17(27)8-15(12-30-20(22)23)13-5-3-2-4-6-13/h2-7,11,15,20H,8-10,12H2,1H3,(H,25,26,28)/t15-/m1/s1. The highest BCUT2D eigenvalue weighted by atomic mass is 19.3. The number of rotatable bonds is 8. The molecule has 9 heteroatoms. The van der Waals surface area contributed by atoms with Gasteiger partial charge in [-0.3, -0.25) is 20.1 Å². The number of benzene rings is 1. The van der Waals surface area contributed by atoms with Gasteiger partial charge in [0.25, 0.3) is 0 Å². The summed E-state index contributed by atoms with van der Waals surface area (Å²) in [5.74, 6) is -0.238. The van der Waals surface area contributed by atoms with Gasteiger partial charge >= 0.3 is 12.7 Å². The van der Waals surface area contributed by atoms with Crippen LogP contribution in [0.15, 0.2) is 47.6 Å². The zero-order valence-corrected chi connectivity index (χ0v) is 16.3. The van der Waals surface area contributed by atoms with E-state index in [-0.39, 0.29) is 25.2 Å². The first-order valence-corrected chi connectivity index (χ1v) is 9.30. The maximum absolute atomic E-state index is 12.6. The summed E-state index contributed by atoms with van der Waals surface area (Å²) in [7, 11) is 1.26. The number of nitrogens with zero attached hydrogens (tertiary/aromatic N) is 2. The first kappa shape index (κ1) is 21.5. The van der Waals surface area contributed by atoms with Gasteiger partial charge in [-0.15, -0.1) is 0 Å². The van der Waals surface area contributed by atoms with Crippen molar-refractivity contribution in [3.63, 3.8) is 0 Å². The number of pyridine rings is 1. The van der Waals surface area contributed by atoms with Gasteiger partial charge in [0, 0.05) is 36.2 Å². The number of ketones is 1. The van der Waals surface area contributed by atoms with E-state index < -0.39 is 18.6 Å². The summed E-state index contributed by atoms with van der Waals surface area (Å²) in [5.41, 5.74) is 2.82. The van der Waals surface area contributed by atoms with Crippen LogP contribution in [0.4, 0.5) is 13.6 Å². The number of halogens is 2. The van der Waals surface area contributed by atoms with E-state index in [1.165, 1.54) is 7.11 Å². The van der Waals surface area contributed by atoms with Crippen LogP contribution in [0.25, 0.3) is 0 Å². The molecule has 7 nitrogen and oxygen atoms in total. The third-order valence-electron chi connectivity index (χ3n) is 4.66. The molecular formula is C21H21F2N3O4. The number of carbonyl (C=O) groups is 2. The monoisotopic (exact) mass is 417 g/mol. The Hall–Kier alpha value is -3.20. The highest BCUT2D eigenvalue weighted by molar-refractivity contribution is 6.08. The van der Waals surface area contributed by atoms with Crippen LogP contribution >= 0.6 is 0 Å². The Labute approximate surface area is 172 Å². The van der Waals surface area contributed by atoms with E-state index in [1.54, 1.807) is 36.5 Å². The number of carbonyl (C=O) groups excluding carboxylic acids is 2. The van der Waals surface area contributed by atoms with Crippen molar-refractivity contribution in [3.8, 4) is 0 Å². The SMILES string of the molecule is COC(=O)NC1=NCc2cc(CC(=O)C[C@H](COC(F)F)c3ccccc3)ncc21. The molecule has 0 fully saturated rings. The molecule has 1 amide bonds. The largest absolute Gasteiger partial charge is 0.453 e. The Balaban J connectivity index is 1.64. The Morgan fingerprint density at radius 3 is 2.70 bits per heavy atom.